The summed E-state index contributed by atoms with van der Waals surface area (Å²) in [5, 5.41) is 0. The smallest absolute Gasteiger partial charge is 0.136 e. The number of hydrogen-bond donors (Lipinski definition) is 0. The van der Waals surface area contributed by atoms with Gasteiger partial charge in [0.1, 0.15) is 12.5 Å². The fourth-order valence-electron chi connectivity index (χ4n) is 1.85. The number of rotatable bonds is 5. The molecule has 2 heterocycles. The van der Waals surface area contributed by atoms with Crippen molar-refractivity contribution >= 4 is 0 Å². The molecule has 0 spiro atoms. The van der Waals surface area contributed by atoms with Crippen molar-refractivity contribution in [2.45, 2.75) is 18.9 Å². The first-order valence-corrected chi connectivity index (χ1v) is 5.46. The average Bonchev–Trinajstić information content (AvgIpc) is 3.14. The summed E-state index contributed by atoms with van der Waals surface area (Å²) in [6, 6.07) is 10.6. The lowest BCUT2D eigenvalue weighted by atomic mass is 10.1. The zero-order chi connectivity index (χ0) is 10.1. The summed E-state index contributed by atoms with van der Waals surface area (Å²) in [7, 11) is 0. The van der Waals surface area contributed by atoms with Gasteiger partial charge in [0, 0.05) is 6.54 Å². The van der Waals surface area contributed by atoms with Crippen LogP contribution in [0.2, 0.25) is 0 Å². The second kappa shape index (κ2) is 3.93. The molecule has 2 unspecified atom stereocenters. The Morgan fingerprint density at radius 3 is 2.20 bits per heavy atom. The first kappa shape index (κ1) is 9.33. The van der Waals surface area contributed by atoms with E-state index in [-0.39, 0.29) is 0 Å². The first-order valence-electron chi connectivity index (χ1n) is 5.46. The molecule has 0 N–H and O–H groups in total. The molecule has 80 valence electrons. The Morgan fingerprint density at radius 1 is 1.07 bits per heavy atom. The molecule has 0 amide bonds. The van der Waals surface area contributed by atoms with Crippen LogP contribution in [0.3, 0.4) is 0 Å². The topological polar surface area (TPSA) is 28.3 Å². The van der Waals surface area contributed by atoms with E-state index in [1.54, 1.807) is 0 Å². The third-order valence-electron chi connectivity index (χ3n) is 2.87. The highest BCUT2D eigenvalue weighted by Gasteiger charge is 2.41. The molecule has 0 aromatic heterocycles. The minimum absolute atomic E-state index is 0.321. The maximum absolute atomic E-state index is 5.31. The molecular formula is C12H15NO2. The molecule has 2 aliphatic heterocycles. The number of nitrogens with zero attached hydrogens (tertiary/aromatic N) is 1. The largest absolute Gasteiger partial charge is 0.356 e. The van der Waals surface area contributed by atoms with E-state index in [0.29, 0.717) is 12.5 Å². The minimum atomic E-state index is 0.321. The molecule has 0 radical (unpaired) electrons. The molecule has 3 heteroatoms. The molecule has 2 saturated heterocycles. The van der Waals surface area contributed by atoms with Crippen molar-refractivity contribution in [3.8, 4) is 0 Å². The Balaban J connectivity index is 1.55. The Hall–Kier alpha value is -0.900. The molecule has 0 aliphatic carbocycles. The fourth-order valence-corrected chi connectivity index (χ4v) is 1.85. The van der Waals surface area contributed by atoms with Crippen molar-refractivity contribution in [2.75, 3.05) is 19.8 Å². The maximum atomic E-state index is 5.31. The highest BCUT2D eigenvalue weighted by Crippen LogP contribution is 2.25. The predicted molar refractivity (Wildman–Crippen MR) is 56.3 cm³/mol. The summed E-state index contributed by atoms with van der Waals surface area (Å²) >= 11 is 0. The first-order chi connectivity index (χ1) is 7.43. The Labute approximate surface area is 89.6 Å². The molecule has 0 saturated carbocycles. The Morgan fingerprint density at radius 2 is 1.67 bits per heavy atom. The van der Waals surface area contributed by atoms with Crippen LogP contribution in [0.5, 0.6) is 0 Å². The van der Waals surface area contributed by atoms with Gasteiger partial charge in [-0.1, -0.05) is 30.3 Å². The van der Waals surface area contributed by atoms with E-state index in [4.69, 9.17) is 9.47 Å². The minimum Gasteiger partial charge on any atom is -0.356 e. The zero-order valence-electron chi connectivity index (χ0n) is 8.63. The molecule has 0 bridgehead atoms. The molecule has 1 aromatic rings. The van der Waals surface area contributed by atoms with Gasteiger partial charge in [-0.3, -0.25) is 0 Å². The van der Waals surface area contributed by atoms with Gasteiger partial charge >= 0.3 is 0 Å². The van der Waals surface area contributed by atoms with Crippen LogP contribution >= 0.6 is 0 Å². The molecular weight excluding hydrogens is 190 g/mol. The van der Waals surface area contributed by atoms with E-state index in [1.165, 1.54) is 5.56 Å². The van der Waals surface area contributed by atoms with E-state index in [9.17, 15) is 0 Å². The summed E-state index contributed by atoms with van der Waals surface area (Å²) in [4.78, 5) is 2.31. The highest BCUT2D eigenvalue weighted by atomic mass is 16.6. The van der Waals surface area contributed by atoms with Gasteiger partial charge in [0.05, 0.1) is 13.2 Å². The van der Waals surface area contributed by atoms with Crippen LogP contribution in [0, 0.1) is 0 Å². The fraction of sp³-hybridized carbons (Fsp3) is 0.500. The molecule has 2 aliphatic rings. The lowest BCUT2D eigenvalue weighted by molar-refractivity contribution is 0.115. The van der Waals surface area contributed by atoms with Crippen LogP contribution in [0.1, 0.15) is 5.56 Å². The second-order valence-electron chi connectivity index (χ2n) is 4.05. The molecule has 3 rings (SSSR count). The molecule has 2 atom stereocenters. The van der Waals surface area contributed by atoms with E-state index in [2.05, 4.69) is 35.2 Å². The Bertz CT molecular complexity index is 308. The summed E-state index contributed by atoms with van der Waals surface area (Å²) < 4.78 is 10.6. The Kier molecular flexibility index (Phi) is 2.44. The van der Waals surface area contributed by atoms with Gasteiger partial charge in [-0.2, -0.15) is 0 Å². The third kappa shape index (κ3) is 2.37. The van der Waals surface area contributed by atoms with Crippen LogP contribution in [0.4, 0.5) is 0 Å². The van der Waals surface area contributed by atoms with Crippen LogP contribution in [-0.2, 0) is 15.9 Å². The molecule has 1 aromatic carbocycles. The summed E-state index contributed by atoms with van der Waals surface area (Å²) in [6.45, 7) is 2.77. The van der Waals surface area contributed by atoms with Crippen molar-refractivity contribution in [1.82, 2.24) is 4.90 Å². The van der Waals surface area contributed by atoms with E-state index in [0.717, 1.165) is 26.2 Å². The summed E-state index contributed by atoms with van der Waals surface area (Å²) in [6.07, 6.45) is 1.71. The van der Waals surface area contributed by atoms with Gasteiger partial charge in [-0.05, 0) is 12.0 Å². The van der Waals surface area contributed by atoms with Gasteiger partial charge in [-0.15, -0.1) is 0 Å². The summed E-state index contributed by atoms with van der Waals surface area (Å²) in [5.41, 5.74) is 1.38. The van der Waals surface area contributed by atoms with Crippen LogP contribution < -0.4 is 0 Å². The lowest BCUT2D eigenvalue weighted by Gasteiger charge is -2.16. The number of hydrogen-bond acceptors (Lipinski definition) is 3. The second-order valence-corrected chi connectivity index (χ2v) is 4.05. The average molecular weight is 205 g/mol. The SMILES string of the molecule is c1ccc(CCN(C2CO2)C2CO2)cc1. The monoisotopic (exact) mass is 205 g/mol. The number of benzene rings is 1. The van der Waals surface area contributed by atoms with Crippen molar-refractivity contribution in [3.05, 3.63) is 35.9 Å². The van der Waals surface area contributed by atoms with E-state index < -0.39 is 0 Å². The van der Waals surface area contributed by atoms with E-state index >= 15 is 0 Å². The quantitative estimate of drug-likeness (QED) is 0.677. The summed E-state index contributed by atoms with van der Waals surface area (Å²) in [5.74, 6) is 0. The maximum Gasteiger partial charge on any atom is 0.136 e. The van der Waals surface area contributed by atoms with Gasteiger partial charge in [0.15, 0.2) is 0 Å². The number of epoxide rings is 2. The van der Waals surface area contributed by atoms with Crippen LogP contribution in [0.25, 0.3) is 0 Å². The van der Waals surface area contributed by atoms with Crippen LogP contribution in [-0.4, -0.2) is 37.1 Å². The van der Waals surface area contributed by atoms with Gasteiger partial charge in [-0.25, -0.2) is 4.90 Å². The van der Waals surface area contributed by atoms with Crippen molar-refractivity contribution in [2.24, 2.45) is 0 Å². The number of ether oxygens (including phenoxy) is 2. The third-order valence-corrected chi connectivity index (χ3v) is 2.87. The van der Waals surface area contributed by atoms with E-state index in [1.807, 2.05) is 0 Å². The van der Waals surface area contributed by atoms with Crippen molar-refractivity contribution in [1.29, 1.82) is 0 Å². The molecule has 3 nitrogen and oxygen atoms in total. The normalized spacial score (nSPS) is 28.1. The van der Waals surface area contributed by atoms with Crippen molar-refractivity contribution in [3.63, 3.8) is 0 Å². The molecule has 2 fully saturated rings. The van der Waals surface area contributed by atoms with Gasteiger partial charge < -0.3 is 9.47 Å². The standard InChI is InChI=1S/C12H15NO2/c1-2-4-10(5-3-1)6-7-13(11-8-14-11)12-9-15-12/h1-5,11-12H,6-9H2. The van der Waals surface area contributed by atoms with Crippen LogP contribution in [0.15, 0.2) is 30.3 Å². The zero-order valence-corrected chi connectivity index (χ0v) is 8.63. The predicted octanol–water partition coefficient (Wildman–Crippen LogP) is 1.24. The lowest BCUT2D eigenvalue weighted by Crippen LogP contribution is -2.32. The van der Waals surface area contributed by atoms with Gasteiger partial charge in [0.2, 0.25) is 0 Å². The van der Waals surface area contributed by atoms with Crippen molar-refractivity contribution < 1.29 is 9.47 Å². The highest BCUT2D eigenvalue weighted by molar-refractivity contribution is 5.15. The van der Waals surface area contributed by atoms with Gasteiger partial charge in [0.25, 0.3) is 0 Å². The molecule has 15 heavy (non-hydrogen) atoms.